The van der Waals surface area contributed by atoms with E-state index in [0.717, 1.165) is 6.42 Å². The van der Waals surface area contributed by atoms with E-state index < -0.39 is 14.8 Å². The maximum atomic E-state index is 12.5. The molecule has 7 nitrogen and oxygen atoms in total. The molecule has 1 N–H and O–H groups in total. The molecule has 1 fully saturated rings. The third kappa shape index (κ3) is 3.58. The molecule has 2 rings (SSSR count). The molecule has 2 atom stereocenters. The summed E-state index contributed by atoms with van der Waals surface area (Å²) >= 11 is 0. The molecule has 1 aliphatic heterocycles. The lowest BCUT2D eigenvalue weighted by Gasteiger charge is -2.21. The first kappa shape index (κ1) is 15.9. The van der Waals surface area contributed by atoms with Crippen molar-refractivity contribution in [1.82, 2.24) is 5.32 Å². The Morgan fingerprint density at radius 3 is 2.76 bits per heavy atom. The first-order valence-electron chi connectivity index (χ1n) is 6.67. The van der Waals surface area contributed by atoms with Crippen LogP contribution in [0, 0.1) is 16.0 Å². The molecule has 1 heterocycles. The summed E-state index contributed by atoms with van der Waals surface area (Å²) in [6.07, 6.45) is 0.790. The fourth-order valence-corrected chi connectivity index (χ4v) is 4.36. The zero-order valence-corrected chi connectivity index (χ0v) is 12.5. The van der Waals surface area contributed by atoms with Crippen molar-refractivity contribution in [3.63, 3.8) is 0 Å². The fourth-order valence-electron chi connectivity index (χ4n) is 2.52. The van der Waals surface area contributed by atoms with Crippen molar-refractivity contribution in [3.8, 4) is 0 Å². The average Bonchev–Trinajstić information content (AvgIpc) is 2.99. The van der Waals surface area contributed by atoms with Crippen LogP contribution in [0.5, 0.6) is 0 Å². The summed E-state index contributed by atoms with van der Waals surface area (Å²) in [5, 5.41) is 14.0. The number of nitrogens with one attached hydrogen (secondary N) is 1. The number of hydrogen-bond acceptors (Lipinski definition) is 6. The van der Waals surface area contributed by atoms with Crippen LogP contribution in [0.15, 0.2) is 29.2 Å². The van der Waals surface area contributed by atoms with Crippen molar-refractivity contribution in [2.24, 2.45) is 5.92 Å². The van der Waals surface area contributed by atoms with Crippen molar-refractivity contribution >= 4 is 15.5 Å². The molecule has 0 saturated carbocycles. The number of sulfone groups is 1. The highest BCUT2D eigenvalue weighted by Gasteiger charge is 2.32. The van der Waals surface area contributed by atoms with Gasteiger partial charge in [-0.1, -0.05) is 12.1 Å². The molecule has 1 aromatic carbocycles. The second kappa shape index (κ2) is 6.50. The second-order valence-electron chi connectivity index (χ2n) is 5.03. The van der Waals surface area contributed by atoms with E-state index in [9.17, 15) is 18.5 Å². The lowest BCUT2D eigenvalue weighted by molar-refractivity contribution is -0.387. The summed E-state index contributed by atoms with van der Waals surface area (Å²) < 4.78 is 30.3. The van der Waals surface area contributed by atoms with E-state index in [0.29, 0.717) is 13.2 Å². The Morgan fingerprint density at radius 1 is 1.48 bits per heavy atom. The zero-order valence-electron chi connectivity index (χ0n) is 11.7. The van der Waals surface area contributed by atoms with E-state index in [1.165, 1.54) is 24.3 Å². The normalized spacial score (nSPS) is 20.3. The van der Waals surface area contributed by atoms with Crippen LogP contribution in [0.3, 0.4) is 0 Å². The quantitative estimate of drug-likeness (QED) is 0.621. The summed E-state index contributed by atoms with van der Waals surface area (Å²) in [5.74, 6) is -0.0740. The van der Waals surface area contributed by atoms with Crippen LogP contribution in [-0.2, 0) is 14.6 Å². The smallest absolute Gasteiger partial charge is 0.287 e. The molecular formula is C13H18N2O5S. The van der Waals surface area contributed by atoms with Gasteiger partial charge in [-0.3, -0.25) is 10.1 Å². The van der Waals surface area contributed by atoms with Gasteiger partial charge >= 0.3 is 0 Å². The number of benzene rings is 1. The molecule has 1 saturated heterocycles. The van der Waals surface area contributed by atoms with Gasteiger partial charge in [0.05, 0.1) is 17.3 Å². The van der Waals surface area contributed by atoms with Gasteiger partial charge in [0.1, 0.15) is 4.90 Å². The number of para-hydroxylation sites is 1. The van der Waals surface area contributed by atoms with E-state index in [1.807, 2.05) is 0 Å². The highest BCUT2D eigenvalue weighted by atomic mass is 32.2. The van der Waals surface area contributed by atoms with E-state index in [-0.39, 0.29) is 28.3 Å². The van der Waals surface area contributed by atoms with Gasteiger partial charge in [-0.2, -0.15) is 0 Å². The Bertz CT molecular complexity index is 611. The summed E-state index contributed by atoms with van der Waals surface area (Å²) in [5.41, 5.74) is -0.380. The molecule has 2 unspecified atom stereocenters. The third-order valence-corrected chi connectivity index (χ3v) is 5.51. The van der Waals surface area contributed by atoms with E-state index in [2.05, 4.69) is 5.32 Å². The van der Waals surface area contributed by atoms with Crippen LogP contribution in [0.2, 0.25) is 0 Å². The minimum absolute atomic E-state index is 0.104. The van der Waals surface area contributed by atoms with Crippen molar-refractivity contribution < 1.29 is 18.1 Å². The fraction of sp³-hybridized carbons (Fsp3) is 0.538. The maximum absolute atomic E-state index is 12.5. The number of nitro benzene ring substituents is 1. The topological polar surface area (TPSA) is 98.5 Å². The van der Waals surface area contributed by atoms with Crippen LogP contribution in [0.25, 0.3) is 0 Å². The molecule has 0 aromatic heterocycles. The van der Waals surface area contributed by atoms with Crippen molar-refractivity contribution in [2.75, 3.05) is 26.0 Å². The molecule has 0 bridgehead atoms. The lowest BCUT2D eigenvalue weighted by atomic mass is 10.0. The monoisotopic (exact) mass is 314 g/mol. The number of nitro groups is 1. The standard InChI is InChI=1S/C13H18N2O5S/c1-14-11(10-6-7-20-8-10)9-21(18,19)13-5-3-2-4-12(13)15(16)17/h2-5,10-11,14H,6-9H2,1H3. The number of hydrogen-bond donors (Lipinski definition) is 1. The van der Waals surface area contributed by atoms with Gasteiger partial charge in [-0.25, -0.2) is 8.42 Å². The van der Waals surface area contributed by atoms with Gasteiger partial charge in [0.15, 0.2) is 9.84 Å². The Hall–Kier alpha value is -1.51. The van der Waals surface area contributed by atoms with E-state index in [4.69, 9.17) is 4.74 Å². The minimum Gasteiger partial charge on any atom is -0.381 e. The van der Waals surface area contributed by atoms with Gasteiger partial charge < -0.3 is 10.1 Å². The number of nitrogens with zero attached hydrogens (tertiary/aromatic N) is 1. The minimum atomic E-state index is -3.74. The summed E-state index contributed by atoms with van der Waals surface area (Å²) in [4.78, 5) is 10.1. The second-order valence-corrected chi connectivity index (χ2v) is 7.03. The zero-order chi connectivity index (χ0) is 15.5. The first-order valence-corrected chi connectivity index (χ1v) is 8.32. The number of rotatable bonds is 6. The molecule has 21 heavy (non-hydrogen) atoms. The molecule has 0 amide bonds. The molecule has 0 aliphatic carbocycles. The summed E-state index contributed by atoms with van der Waals surface area (Å²) in [6, 6.07) is 5.16. The maximum Gasteiger partial charge on any atom is 0.287 e. The van der Waals surface area contributed by atoms with Crippen molar-refractivity contribution in [3.05, 3.63) is 34.4 Å². The Morgan fingerprint density at radius 2 is 2.19 bits per heavy atom. The van der Waals surface area contributed by atoms with Crippen molar-refractivity contribution in [1.29, 1.82) is 0 Å². The Labute approximate surface area is 123 Å². The molecule has 1 aromatic rings. The predicted octanol–water partition coefficient (Wildman–Crippen LogP) is 0.993. The third-order valence-electron chi connectivity index (χ3n) is 3.70. The molecular weight excluding hydrogens is 296 g/mol. The Balaban J connectivity index is 2.27. The van der Waals surface area contributed by atoms with Crippen LogP contribution < -0.4 is 5.32 Å². The predicted molar refractivity (Wildman–Crippen MR) is 76.9 cm³/mol. The number of ether oxygens (including phenoxy) is 1. The van der Waals surface area contributed by atoms with Gasteiger partial charge in [-0.15, -0.1) is 0 Å². The SMILES string of the molecule is CNC(CS(=O)(=O)c1ccccc1[N+](=O)[O-])C1CCOC1. The Kier molecular flexibility index (Phi) is 4.92. The van der Waals surface area contributed by atoms with Crippen LogP contribution >= 0.6 is 0 Å². The van der Waals surface area contributed by atoms with Crippen molar-refractivity contribution in [2.45, 2.75) is 17.4 Å². The van der Waals surface area contributed by atoms with Gasteiger partial charge in [0.25, 0.3) is 5.69 Å². The average molecular weight is 314 g/mol. The molecule has 0 spiro atoms. The van der Waals surface area contributed by atoms with Crippen LogP contribution in [0.4, 0.5) is 5.69 Å². The van der Waals surface area contributed by atoms with E-state index in [1.54, 1.807) is 7.05 Å². The van der Waals surface area contributed by atoms with Gasteiger partial charge in [0.2, 0.25) is 0 Å². The molecule has 8 heteroatoms. The molecule has 1 aliphatic rings. The molecule has 116 valence electrons. The first-order chi connectivity index (χ1) is 9.95. The largest absolute Gasteiger partial charge is 0.381 e. The summed E-state index contributed by atoms with van der Waals surface area (Å²) in [7, 11) is -2.05. The highest BCUT2D eigenvalue weighted by molar-refractivity contribution is 7.91. The van der Waals surface area contributed by atoms with Crippen LogP contribution in [-0.4, -0.2) is 45.4 Å². The summed E-state index contributed by atoms with van der Waals surface area (Å²) in [6.45, 7) is 1.13. The molecule has 0 radical (unpaired) electrons. The highest BCUT2D eigenvalue weighted by Crippen LogP contribution is 2.26. The van der Waals surface area contributed by atoms with E-state index >= 15 is 0 Å². The van der Waals surface area contributed by atoms with Gasteiger partial charge in [-0.05, 0) is 19.5 Å². The lowest BCUT2D eigenvalue weighted by Crippen LogP contribution is -2.40. The van der Waals surface area contributed by atoms with Gasteiger partial charge in [0, 0.05) is 24.6 Å². The van der Waals surface area contributed by atoms with Crippen LogP contribution in [0.1, 0.15) is 6.42 Å².